The summed E-state index contributed by atoms with van der Waals surface area (Å²) in [6, 6.07) is 20.2. The number of furan rings is 1. The van der Waals surface area contributed by atoms with Crippen LogP contribution in [0.1, 0.15) is 56.1 Å². The highest BCUT2D eigenvalue weighted by atomic mass is 16.3. The van der Waals surface area contributed by atoms with Crippen molar-refractivity contribution >= 4 is 5.57 Å². The first-order valence-corrected chi connectivity index (χ1v) is 9.97. The first-order valence-electron chi connectivity index (χ1n) is 9.97. The molecule has 0 radical (unpaired) electrons. The Balaban J connectivity index is 1.76. The van der Waals surface area contributed by atoms with E-state index in [9.17, 15) is 5.11 Å². The van der Waals surface area contributed by atoms with Crippen LogP contribution in [0.4, 0.5) is 0 Å². The van der Waals surface area contributed by atoms with Gasteiger partial charge >= 0.3 is 0 Å². The summed E-state index contributed by atoms with van der Waals surface area (Å²) in [7, 11) is 0. The number of phenolic OH excluding ortho intramolecular Hbond substituents is 1. The molecule has 0 aliphatic heterocycles. The lowest BCUT2D eigenvalue weighted by atomic mass is 9.86. The average molecular weight is 358 g/mol. The van der Waals surface area contributed by atoms with Crippen molar-refractivity contribution in [3.63, 3.8) is 0 Å². The lowest BCUT2D eigenvalue weighted by Gasteiger charge is -2.19. The SMILES string of the molecule is Oc1ccc(C(=C2CCCCCCC2)c2ccc(-c3ccco3)cc2)cc1. The maximum Gasteiger partial charge on any atom is 0.133 e. The fraction of sp³-hybridized carbons (Fsp3) is 0.280. The van der Waals surface area contributed by atoms with Crippen LogP contribution in [0.2, 0.25) is 0 Å². The molecule has 0 unspecified atom stereocenters. The summed E-state index contributed by atoms with van der Waals surface area (Å²) < 4.78 is 5.52. The predicted molar refractivity (Wildman–Crippen MR) is 111 cm³/mol. The molecule has 2 aromatic carbocycles. The molecule has 1 fully saturated rings. The molecule has 1 aliphatic carbocycles. The molecule has 27 heavy (non-hydrogen) atoms. The van der Waals surface area contributed by atoms with E-state index in [-0.39, 0.29) is 0 Å². The van der Waals surface area contributed by atoms with Crippen LogP contribution in [-0.2, 0) is 0 Å². The highest BCUT2D eigenvalue weighted by Gasteiger charge is 2.14. The second-order valence-corrected chi connectivity index (χ2v) is 7.35. The molecule has 2 nitrogen and oxygen atoms in total. The van der Waals surface area contributed by atoms with Crippen molar-refractivity contribution in [2.75, 3.05) is 0 Å². The van der Waals surface area contributed by atoms with Gasteiger partial charge in [-0.1, -0.05) is 61.2 Å². The van der Waals surface area contributed by atoms with Crippen LogP contribution < -0.4 is 0 Å². The molecule has 138 valence electrons. The van der Waals surface area contributed by atoms with E-state index in [0.29, 0.717) is 5.75 Å². The minimum atomic E-state index is 0.314. The van der Waals surface area contributed by atoms with Crippen LogP contribution in [0.5, 0.6) is 5.75 Å². The van der Waals surface area contributed by atoms with Gasteiger partial charge < -0.3 is 9.52 Å². The van der Waals surface area contributed by atoms with Gasteiger partial charge in [0.05, 0.1) is 6.26 Å². The van der Waals surface area contributed by atoms with Crippen LogP contribution in [-0.4, -0.2) is 5.11 Å². The largest absolute Gasteiger partial charge is 0.508 e. The summed E-state index contributed by atoms with van der Waals surface area (Å²) in [6.45, 7) is 0. The van der Waals surface area contributed by atoms with Gasteiger partial charge in [-0.3, -0.25) is 0 Å². The molecular formula is C25H26O2. The third-order valence-electron chi connectivity index (χ3n) is 5.45. The zero-order chi connectivity index (χ0) is 18.5. The number of rotatable bonds is 3. The van der Waals surface area contributed by atoms with Crippen molar-refractivity contribution in [2.45, 2.75) is 44.9 Å². The topological polar surface area (TPSA) is 33.4 Å². The second kappa shape index (κ2) is 8.30. The Morgan fingerprint density at radius 2 is 1.30 bits per heavy atom. The summed E-state index contributed by atoms with van der Waals surface area (Å²) in [6.07, 6.45) is 10.6. The number of hydrogen-bond donors (Lipinski definition) is 1. The molecule has 4 rings (SSSR count). The third kappa shape index (κ3) is 4.16. The molecule has 1 aliphatic rings. The lowest BCUT2D eigenvalue weighted by molar-refractivity contribution is 0.475. The first kappa shape index (κ1) is 17.7. The number of phenols is 1. The van der Waals surface area contributed by atoms with Gasteiger partial charge in [-0.25, -0.2) is 0 Å². The zero-order valence-corrected chi connectivity index (χ0v) is 15.7. The molecule has 1 saturated carbocycles. The van der Waals surface area contributed by atoms with Crippen molar-refractivity contribution < 1.29 is 9.52 Å². The molecule has 0 amide bonds. The smallest absolute Gasteiger partial charge is 0.133 e. The van der Waals surface area contributed by atoms with Gasteiger partial charge in [-0.15, -0.1) is 0 Å². The molecule has 1 N–H and O–H groups in total. The van der Waals surface area contributed by atoms with Gasteiger partial charge in [0, 0.05) is 5.56 Å². The number of hydrogen-bond acceptors (Lipinski definition) is 2. The van der Waals surface area contributed by atoms with Gasteiger partial charge in [-0.05, 0) is 66.6 Å². The normalized spacial score (nSPS) is 15.2. The van der Waals surface area contributed by atoms with E-state index < -0.39 is 0 Å². The van der Waals surface area contributed by atoms with Gasteiger partial charge in [0.2, 0.25) is 0 Å². The maximum atomic E-state index is 9.72. The number of allylic oxidation sites excluding steroid dienone is 1. The zero-order valence-electron chi connectivity index (χ0n) is 15.7. The molecule has 1 heterocycles. The monoisotopic (exact) mass is 358 g/mol. The Kier molecular flexibility index (Phi) is 5.43. The molecule has 3 aromatic rings. The predicted octanol–water partition coefficient (Wildman–Crippen LogP) is 7.20. The minimum absolute atomic E-state index is 0.314. The van der Waals surface area contributed by atoms with Crippen LogP contribution in [0.3, 0.4) is 0 Å². The second-order valence-electron chi connectivity index (χ2n) is 7.35. The molecular weight excluding hydrogens is 332 g/mol. The summed E-state index contributed by atoms with van der Waals surface area (Å²) in [4.78, 5) is 0. The van der Waals surface area contributed by atoms with Crippen LogP contribution >= 0.6 is 0 Å². The quantitative estimate of drug-likeness (QED) is 0.537. The third-order valence-corrected chi connectivity index (χ3v) is 5.45. The average Bonchev–Trinajstić information content (AvgIpc) is 3.20. The molecule has 0 bridgehead atoms. The molecule has 2 heteroatoms. The van der Waals surface area contributed by atoms with E-state index >= 15 is 0 Å². The van der Waals surface area contributed by atoms with E-state index in [1.54, 1.807) is 24.0 Å². The van der Waals surface area contributed by atoms with E-state index in [0.717, 1.165) is 24.2 Å². The summed E-state index contributed by atoms with van der Waals surface area (Å²) in [5, 5.41) is 9.72. The summed E-state index contributed by atoms with van der Waals surface area (Å²) in [5.74, 6) is 1.21. The van der Waals surface area contributed by atoms with Crippen molar-refractivity contribution in [1.29, 1.82) is 0 Å². The van der Waals surface area contributed by atoms with Crippen molar-refractivity contribution in [1.82, 2.24) is 0 Å². The van der Waals surface area contributed by atoms with Crippen LogP contribution in [0.15, 0.2) is 76.9 Å². The molecule has 0 spiro atoms. The van der Waals surface area contributed by atoms with Crippen LogP contribution in [0.25, 0.3) is 16.9 Å². The van der Waals surface area contributed by atoms with E-state index in [4.69, 9.17) is 4.42 Å². The van der Waals surface area contributed by atoms with Gasteiger partial charge in [-0.2, -0.15) is 0 Å². The fourth-order valence-corrected chi connectivity index (χ4v) is 4.03. The molecule has 0 saturated heterocycles. The fourth-order valence-electron chi connectivity index (χ4n) is 4.03. The Morgan fingerprint density at radius 1 is 0.704 bits per heavy atom. The van der Waals surface area contributed by atoms with Crippen molar-refractivity contribution in [3.8, 4) is 17.1 Å². The maximum absolute atomic E-state index is 9.72. The minimum Gasteiger partial charge on any atom is -0.508 e. The Hall–Kier alpha value is -2.74. The Morgan fingerprint density at radius 3 is 1.89 bits per heavy atom. The van der Waals surface area contributed by atoms with Gasteiger partial charge in [0.15, 0.2) is 0 Å². The summed E-state index contributed by atoms with van der Waals surface area (Å²) >= 11 is 0. The number of benzene rings is 2. The Labute approximate surface area is 161 Å². The summed E-state index contributed by atoms with van der Waals surface area (Å²) in [5.41, 5.74) is 6.41. The van der Waals surface area contributed by atoms with Crippen molar-refractivity contribution in [2.24, 2.45) is 0 Å². The standard InChI is InChI=1S/C25H26O2/c26-23-16-14-22(15-17-23)25(20-7-4-2-1-3-5-8-20)21-12-10-19(11-13-21)24-9-6-18-27-24/h6,9-18,26H,1-5,7-8H2. The molecule has 1 aromatic heterocycles. The van der Waals surface area contributed by atoms with Gasteiger partial charge in [0.25, 0.3) is 0 Å². The highest BCUT2D eigenvalue weighted by molar-refractivity contribution is 5.83. The number of aromatic hydroxyl groups is 1. The van der Waals surface area contributed by atoms with Crippen molar-refractivity contribution in [3.05, 3.63) is 83.6 Å². The van der Waals surface area contributed by atoms with Gasteiger partial charge in [0.1, 0.15) is 11.5 Å². The lowest BCUT2D eigenvalue weighted by Crippen LogP contribution is -1.99. The molecule has 0 atom stereocenters. The Bertz CT molecular complexity index is 875. The van der Waals surface area contributed by atoms with E-state index in [2.05, 4.69) is 24.3 Å². The van der Waals surface area contributed by atoms with E-state index in [1.165, 1.54) is 48.8 Å². The highest BCUT2D eigenvalue weighted by Crippen LogP contribution is 2.35. The van der Waals surface area contributed by atoms with Crippen LogP contribution in [0, 0.1) is 0 Å². The first-order chi connectivity index (χ1) is 13.3. The van der Waals surface area contributed by atoms with E-state index in [1.807, 2.05) is 24.3 Å².